The fraction of sp³-hybridized carbons (Fsp3) is 0.333. The molecule has 30 heavy (non-hydrogen) atoms. The van der Waals surface area contributed by atoms with Gasteiger partial charge in [-0.1, -0.05) is 30.3 Å². The smallest absolute Gasteiger partial charge is 0.251 e. The van der Waals surface area contributed by atoms with Gasteiger partial charge in [-0.25, -0.2) is 12.7 Å². The van der Waals surface area contributed by atoms with Crippen LogP contribution in [0.15, 0.2) is 53.4 Å². The van der Waals surface area contributed by atoms with E-state index in [0.29, 0.717) is 13.1 Å². The molecule has 9 heteroatoms. The predicted octanol–water partition coefficient (Wildman–Crippen LogP) is 1.72. The monoisotopic (exact) mass is 433 g/mol. The molecular weight excluding hydrogens is 406 g/mol. The van der Waals surface area contributed by atoms with Crippen molar-refractivity contribution in [3.05, 3.63) is 59.7 Å². The van der Waals surface area contributed by atoms with Gasteiger partial charge in [-0.2, -0.15) is 0 Å². The molecule has 0 aliphatic carbocycles. The van der Waals surface area contributed by atoms with E-state index in [1.165, 1.54) is 39.4 Å². The van der Waals surface area contributed by atoms with Crippen LogP contribution < -0.4 is 10.1 Å². The highest BCUT2D eigenvalue weighted by Gasteiger charge is 2.24. The lowest BCUT2D eigenvalue weighted by atomic mass is 10.2. The van der Waals surface area contributed by atoms with Crippen molar-refractivity contribution in [2.75, 3.05) is 34.3 Å². The maximum atomic E-state index is 12.5. The number of benzene rings is 2. The van der Waals surface area contributed by atoms with E-state index in [2.05, 4.69) is 5.32 Å². The zero-order valence-electron chi connectivity index (χ0n) is 17.6. The maximum absolute atomic E-state index is 12.5. The summed E-state index contributed by atoms with van der Waals surface area (Å²) in [5, 5.41) is 2.57. The molecule has 0 fully saturated rings. The minimum absolute atomic E-state index is 0.117. The van der Waals surface area contributed by atoms with Crippen molar-refractivity contribution in [1.82, 2.24) is 14.5 Å². The molecule has 0 saturated heterocycles. The van der Waals surface area contributed by atoms with Crippen molar-refractivity contribution in [3.8, 4) is 5.75 Å². The number of sulfonamides is 1. The molecule has 2 aromatic carbocycles. The first-order valence-corrected chi connectivity index (χ1v) is 10.8. The number of carbonyl (C=O) groups excluding carboxylic acids is 2. The SMILES string of the molecule is CCN(Cc1ccccc1)C(=O)CNC(=O)c1ccc(OC)c(S(=O)(=O)N(C)C)c1. The zero-order chi connectivity index (χ0) is 22.3. The predicted molar refractivity (Wildman–Crippen MR) is 114 cm³/mol. The van der Waals surface area contributed by atoms with Crippen LogP contribution in [0.3, 0.4) is 0 Å². The lowest BCUT2D eigenvalue weighted by molar-refractivity contribution is -0.130. The van der Waals surface area contributed by atoms with E-state index in [4.69, 9.17) is 4.74 Å². The van der Waals surface area contributed by atoms with Gasteiger partial charge in [0.15, 0.2) is 0 Å². The molecule has 0 atom stereocenters. The van der Waals surface area contributed by atoms with Crippen LogP contribution in [-0.4, -0.2) is 63.7 Å². The van der Waals surface area contributed by atoms with Gasteiger partial charge in [-0.3, -0.25) is 9.59 Å². The summed E-state index contributed by atoms with van der Waals surface area (Å²) in [5.74, 6) is -0.641. The lowest BCUT2D eigenvalue weighted by Crippen LogP contribution is -2.39. The van der Waals surface area contributed by atoms with Crippen molar-refractivity contribution < 1.29 is 22.7 Å². The summed E-state index contributed by atoms with van der Waals surface area (Å²) in [4.78, 5) is 26.6. The maximum Gasteiger partial charge on any atom is 0.251 e. The number of amides is 2. The highest BCUT2D eigenvalue weighted by atomic mass is 32.2. The standard InChI is InChI=1S/C21H27N3O5S/c1-5-24(15-16-9-7-6-8-10-16)20(25)14-22-21(26)17-11-12-18(29-4)19(13-17)30(27,28)23(2)3/h6-13H,5,14-15H2,1-4H3,(H,22,26). The van der Waals surface area contributed by atoms with Gasteiger partial charge in [0, 0.05) is 32.7 Å². The van der Waals surface area contributed by atoms with Gasteiger partial charge >= 0.3 is 0 Å². The molecule has 0 bridgehead atoms. The fourth-order valence-electron chi connectivity index (χ4n) is 2.77. The van der Waals surface area contributed by atoms with Crippen LogP contribution in [0.2, 0.25) is 0 Å². The topological polar surface area (TPSA) is 96.0 Å². The molecule has 162 valence electrons. The zero-order valence-corrected chi connectivity index (χ0v) is 18.4. The fourth-order valence-corrected chi connectivity index (χ4v) is 3.84. The Morgan fingerprint density at radius 3 is 2.30 bits per heavy atom. The van der Waals surface area contributed by atoms with Gasteiger partial charge in [0.2, 0.25) is 15.9 Å². The van der Waals surface area contributed by atoms with E-state index in [1.54, 1.807) is 4.90 Å². The summed E-state index contributed by atoms with van der Waals surface area (Å²) in [5.41, 5.74) is 1.11. The summed E-state index contributed by atoms with van der Waals surface area (Å²) >= 11 is 0. The largest absolute Gasteiger partial charge is 0.495 e. The average molecular weight is 434 g/mol. The highest BCUT2D eigenvalue weighted by molar-refractivity contribution is 7.89. The molecule has 0 unspecified atom stereocenters. The van der Waals surface area contributed by atoms with E-state index >= 15 is 0 Å². The molecule has 2 rings (SSSR count). The minimum atomic E-state index is -3.81. The molecule has 2 aromatic rings. The number of likely N-dealkylation sites (N-methyl/N-ethyl adjacent to an activating group) is 1. The van der Waals surface area contributed by atoms with Crippen molar-refractivity contribution in [2.24, 2.45) is 0 Å². The Hall–Kier alpha value is -2.91. The second-order valence-electron chi connectivity index (χ2n) is 6.73. The second kappa shape index (κ2) is 10.2. The number of nitrogens with one attached hydrogen (secondary N) is 1. The van der Waals surface area contributed by atoms with Crippen molar-refractivity contribution in [1.29, 1.82) is 0 Å². The molecule has 0 aromatic heterocycles. The van der Waals surface area contributed by atoms with Crippen molar-refractivity contribution in [2.45, 2.75) is 18.4 Å². The third-order valence-corrected chi connectivity index (χ3v) is 6.37. The van der Waals surface area contributed by atoms with E-state index in [9.17, 15) is 18.0 Å². The van der Waals surface area contributed by atoms with Crippen LogP contribution in [0.25, 0.3) is 0 Å². The van der Waals surface area contributed by atoms with E-state index in [1.807, 2.05) is 37.3 Å². The summed E-state index contributed by atoms with van der Waals surface area (Å²) in [6, 6.07) is 13.7. The highest BCUT2D eigenvalue weighted by Crippen LogP contribution is 2.26. The minimum Gasteiger partial charge on any atom is -0.495 e. The molecule has 2 amide bonds. The molecular formula is C21H27N3O5S. The summed E-state index contributed by atoms with van der Waals surface area (Å²) < 4.78 is 31.2. The van der Waals surface area contributed by atoms with Gasteiger partial charge in [0.1, 0.15) is 10.6 Å². The van der Waals surface area contributed by atoms with Gasteiger partial charge in [0.25, 0.3) is 5.91 Å². The first kappa shape index (κ1) is 23.4. The van der Waals surface area contributed by atoms with Gasteiger partial charge in [0.05, 0.1) is 13.7 Å². The van der Waals surface area contributed by atoms with E-state index in [-0.39, 0.29) is 28.7 Å². The molecule has 8 nitrogen and oxygen atoms in total. The summed E-state index contributed by atoms with van der Waals surface area (Å²) in [6.07, 6.45) is 0. The number of hydrogen-bond donors (Lipinski definition) is 1. The van der Waals surface area contributed by atoms with Gasteiger partial charge < -0.3 is 15.0 Å². The molecule has 0 aliphatic heterocycles. The number of rotatable bonds is 9. The molecule has 0 radical (unpaired) electrons. The summed E-state index contributed by atoms with van der Waals surface area (Å²) in [6.45, 7) is 2.61. The van der Waals surface area contributed by atoms with Crippen LogP contribution in [0.4, 0.5) is 0 Å². The Morgan fingerprint density at radius 1 is 1.07 bits per heavy atom. The number of hydrogen-bond acceptors (Lipinski definition) is 5. The third-order valence-electron chi connectivity index (χ3n) is 4.54. The molecule has 0 heterocycles. The van der Waals surface area contributed by atoms with Crippen molar-refractivity contribution >= 4 is 21.8 Å². The third kappa shape index (κ3) is 5.58. The molecule has 0 aliphatic rings. The van der Waals surface area contributed by atoms with Crippen LogP contribution >= 0.6 is 0 Å². The normalized spacial score (nSPS) is 11.2. The van der Waals surface area contributed by atoms with Gasteiger partial charge in [-0.15, -0.1) is 0 Å². The van der Waals surface area contributed by atoms with Crippen LogP contribution in [-0.2, 0) is 21.4 Å². The molecule has 0 saturated carbocycles. The number of methoxy groups -OCH3 is 1. The Morgan fingerprint density at radius 2 is 1.73 bits per heavy atom. The second-order valence-corrected chi connectivity index (χ2v) is 8.85. The first-order chi connectivity index (χ1) is 14.2. The molecule has 0 spiro atoms. The van der Waals surface area contributed by atoms with Crippen LogP contribution in [0.1, 0.15) is 22.8 Å². The Bertz CT molecular complexity index is 991. The van der Waals surface area contributed by atoms with Gasteiger partial charge in [-0.05, 0) is 30.7 Å². The number of ether oxygens (including phenoxy) is 1. The van der Waals surface area contributed by atoms with Crippen LogP contribution in [0, 0.1) is 0 Å². The van der Waals surface area contributed by atoms with E-state index in [0.717, 1.165) is 9.87 Å². The number of nitrogens with zero attached hydrogens (tertiary/aromatic N) is 2. The lowest BCUT2D eigenvalue weighted by Gasteiger charge is -2.21. The van der Waals surface area contributed by atoms with Crippen LogP contribution in [0.5, 0.6) is 5.75 Å². The van der Waals surface area contributed by atoms with E-state index < -0.39 is 15.9 Å². The Balaban J connectivity index is 2.11. The average Bonchev–Trinajstić information content (AvgIpc) is 2.75. The first-order valence-electron chi connectivity index (χ1n) is 9.41. The quantitative estimate of drug-likeness (QED) is 0.650. The summed E-state index contributed by atoms with van der Waals surface area (Å²) in [7, 11) is 0.340. The molecule has 1 N–H and O–H groups in total. The van der Waals surface area contributed by atoms with Crippen molar-refractivity contribution in [3.63, 3.8) is 0 Å². The Kier molecular flexibility index (Phi) is 7.96. The Labute approximate surface area is 177 Å². The number of carbonyl (C=O) groups is 2.